The Bertz CT molecular complexity index is 1020. The predicted octanol–water partition coefficient (Wildman–Crippen LogP) is 4.06. The lowest BCUT2D eigenvalue weighted by Crippen LogP contribution is -2.28. The number of aryl methyl sites for hydroxylation is 1. The largest absolute Gasteiger partial charge is 0.357 e. The fourth-order valence-corrected chi connectivity index (χ4v) is 2.99. The van der Waals surface area contributed by atoms with E-state index in [1.807, 2.05) is 44.2 Å². The molecule has 0 aliphatic heterocycles. The first-order valence-corrected chi connectivity index (χ1v) is 9.12. The molecule has 3 aromatic rings. The van der Waals surface area contributed by atoms with E-state index >= 15 is 0 Å². The summed E-state index contributed by atoms with van der Waals surface area (Å²) in [5.74, 6) is 0.261. The van der Waals surface area contributed by atoms with Gasteiger partial charge in [-0.25, -0.2) is 4.98 Å². The SMILES string of the molecule is CC(=O)Nc1ncc(/C=C/C(=O)N(C)C(C)c2cc3ccccc3[nH]2)cc1C. The van der Waals surface area contributed by atoms with Crippen molar-refractivity contribution in [2.75, 3.05) is 12.4 Å². The maximum Gasteiger partial charge on any atom is 0.246 e. The van der Waals surface area contributed by atoms with E-state index in [9.17, 15) is 9.59 Å². The van der Waals surface area contributed by atoms with Gasteiger partial charge in [-0.05, 0) is 54.6 Å². The third-order valence-corrected chi connectivity index (χ3v) is 4.74. The second kappa shape index (κ2) is 8.08. The van der Waals surface area contributed by atoms with Crippen LogP contribution in [0.1, 0.15) is 36.7 Å². The number of rotatable bonds is 5. The monoisotopic (exact) mass is 376 g/mol. The second-order valence-electron chi connectivity index (χ2n) is 6.89. The number of carbonyl (C=O) groups excluding carboxylic acids is 2. The van der Waals surface area contributed by atoms with Crippen molar-refractivity contribution in [1.82, 2.24) is 14.9 Å². The van der Waals surface area contributed by atoms with Crippen LogP contribution in [0.3, 0.4) is 0 Å². The highest BCUT2D eigenvalue weighted by molar-refractivity contribution is 5.92. The lowest BCUT2D eigenvalue weighted by molar-refractivity contribution is -0.126. The smallest absolute Gasteiger partial charge is 0.246 e. The number of H-pyrrole nitrogens is 1. The van der Waals surface area contributed by atoms with E-state index < -0.39 is 0 Å². The third kappa shape index (κ3) is 4.28. The van der Waals surface area contributed by atoms with Crippen LogP contribution in [0.4, 0.5) is 5.82 Å². The van der Waals surface area contributed by atoms with Crippen molar-refractivity contribution < 1.29 is 9.59 Å². The number of para-hydroxylation sites is 1. The van der Waals surface area contributed by atoms with Crippen LogP contribution in [0.5, 0.6) is 0 Å². The molecule has 0 spiro atoms. The summed E-state index contributed by atoms with van der Waals surface area (Å²) >= 11 is 0. The van der Waals surface area contributed by atoms with Gasteiger partial charge in [0.05, 0.1) is 6.04 Å². The van der Waals surface area contributed by atoms with Crippen molar-refractivity contribution in [3.05, 3.63) is 65.5 Å². The highest BCUT2D eigenvalue weighted by Gasteiger charge is 2.17. The fraction of sp³-hybridized carbons (Fsp3) is 0.227. The second-order valence-corrected chi connectivity index (χ2v) is 6.89. The zero-order chi connectivity index (χ0) is 20.3. The molecule has 2 heterocycles. The number of pyridine rings is 1. The standard InChI is InChI=1S/C22H24N4O2/c1-14-11-17(13-23-22(14)24-16(3)27)9-10-21(28)26(4)15(2)20-12-18-7-5-6-8-19(18)25-20/h5-13,15,25H,1-4H3,(H,23,24,27)/b10-9+. The van der Waals surface area contributed by atoms with Crippen LogP contribution in [0.25, 0.3) is 17.0 Å². The van der Waals surface area contributed by atoms with Gasteiger partial charge in [0.15, 0.2) is 0 Å². The molecule has 28 heavy (non-hydrogen) atoms. The van der Waals surface area contributed by atoms with Crippen molar-refractivity contribution in [3.63, 3.8) is 0 Å². The van der Waals surface area contributed by atoms with Gasteiger partial charge in [-0.15, -0.1) is 0 Å². The molecule has 1 unspecified atom stereocenters. The number of amides is 2. The number of benzene rings is 1. The van der Waals surface area contributed by atoms with Gasteiger partial charge < -0.3 is 15.2 Å². The van der Waals surface area contributed by atoms with Crippen molar-refractivity contribution in [2.45, 2.75) is 26.8 Å². The first-order valence-electron chi connectivity index (χ1n) is 9.12. The lowest BCUT2D eigenvalue weighted by Gasteiger charge is -2.22. The van der Waals surface area contributed by atoms with Crippen LogP contribution in [-0.2, 0) is 9.59 Å². The molecule has 1 aromatic carbocycles. The van der Waals surface area contributed by atoms with Crippen LogP contribution < -0.4 is 5.32 Å². The molecule has 1 atom stereocenters. The van der Waals surface area contributed by atoms with E-state index in [0.717, 1.165) is 27.7 Å². The summed E-state index contributed by atoms with van der Waals surface area (Å²) in [4.78, 5) is 33.0. The van der Waals surface area contributed by atoms with Gasteiger partial charge in [0, 0.05) is 37.5 Å². The van der Waals surface area contributed by atoms with Crippen LogP contribution in [-0.4, -0.2) is 33.7 Å². The first-order chi connectivity index (χ1) is 13.3. The molecule has 3 rings (SSSR count). The van der Waals surface area contributed by atoms with E-state index in [0.29, 0.717) is 5.82 Å². The molecular formula is C22H24N4O2. The summed E-state index contributed by atoms with van der Waals surface area (Å²) < 4.78 is 0. The third-order valence-electron chi connectivity index (χ3n) is 4.74. The Balaban J connectivity index is 1.70. The van der Waals surface area contributed by atoms with E-state index in [1.54, 1.807) is 24.2 Å². The molecule has 2 amide bonds. The molecule has 0 aliphatic carbocycles. The summed E-state index contributed by atoms with van der Waals surface area (Å²) in [5, 5.41) is 3.80. The Morgan fingerprint density at radius 2 is 2.00 bits per heavy atom. The molecule has 0 radical (unpaired) electrons. The minimum atomic E-state index is -0.165. The van der Waals surface area contributed by atoms with Crippen molar-refractivity contribution in [1.29, 1.82) is 0 Å². The van der Waals surface area contributed by atoms with Crippen molar-refractivity contribution in [3.8, 4) is 0 Å². The molecular weight excluding hydrogens is 352 g/mol. The van der Waals surface area contributed by atoms with Gasteiger partial charge >= 0.3 is 0 Å². The quantitative estimate of drug-likeness (QED) is 0.659. The van der Waals surface area contributed by atoms with Crippen LogP contribution in [0.15, 0.2) is 48.7 Å². The van der Waals surface area contributed by atoms with E-state index in [4.69, 9.17) is 0 Å². The number of aromatic amines is 1. The number of aromatic nitrogens is 2. The molecule has 0 saturated carbocycles. The summed E-state index contributed by atoms with van der Waals surface area (Å²) in [6, 6.07) is 11.9. The Kier molecular flexibility index (Phi) is 5.59. The number of nitrogens with one attached hydrogen (secondary N) is 2. The van der Waals surface area contributed by atoms with Crippen LogP contribution >= 0.6 is 0 Å². The van der Waals surface area contributed by atoms with Gasteiger partial charge in [0.25, 0.3) is 0 Å². The Labute approximate surface area is 164 Å². The van der Waals surface area contributed by atoms with E-state index in [1.165, 1.54) is 13.0 Å². The normalized spacial score (nSPS) is 12.3. The zero-order valence-electron chi connectivity index (χ0n) is 16.5. The summed E-state index contributed by atoms with van der Waals surface area (Å²) in [5.41, 5.74) is 3.68. The first kappa shape index (κ1) is 19.4. The van der Waals surface area contributed by atoms with Crippen molar-refractivity contribution in [2.24, 2.45) is 0 Å². The van der Waals surface area contributed by atoms with Gasteiger partial charge in [-0.1, -0.05) is 18.2 Å². The van der Waals surface area contributed by atoms with E-state index in [2.05, 4.69) is 21.4 Å². The minimum Gasteiger partial charge on any atom is -0.357 e. The molecule has 0 aliphatic rings. The van der Waals surface area contributed by atoms with Gasteiger partial charge in [0.2, 0.25) is 11.8 Å². The Morgan fingerprint density at radius 1 is 1.25 bits per heavy atom. The lowest BCUT2D eigenvalue weighted by atomic mass is 10.1. The molecule has 0 fully saturated rings. The highest BCUT2D eigenvalue weighted by Crippen LogP contribution is 2.23. The van der Waals surface area contributed by atoms with Crippen molar-refractivity contribution >= 4 is 34.6 Å². The Hall–Kier alpha value is -3.41. The average Bonchev–Trinajstić information content (AvgIpc) is 3.10. The molecule has 2 aromatic heterocycles. The number of carbonyl (C=O) groups is 2. The number of anilines is 1. The minimum absolute atomic E-state index is 0.0912. The fourth-order valence-electron chi connectivity index (χ4n) is 2.99. The van der Waals surface area contributed by atoms with Gasteiger partial charge in [0.1, 0.15) is 5.82 Å². The summed E-state index contributed by atoms with van der Waals surface area (Å²) in [7, 11) is 1.78. The Morgan fingerprint density at radius 3 is 2.68 bits per heavy atom. The number of fused-ring (bicyclic) bond motifs is 1. The summed E-state index contributed by atoms with van der Waals surface area (Å²) in [6.07, 6.45) is 4.89. The molecule has 0 saturated heterocycles. The number of likely N-dealkylation sites (N-methyl/N-ethyl adjacent to an activating group) is 1. The van der Waals surface area contributed by atoms with Gasteiger partial charge in [-0.3, -0.25) is 9.59 Å². The molecule has 2 N–H and O–H groups in total. The number of hydrogen-bond acceptors (Lipinski definition) is 3. The maximum absolute atomic E-state index is 12.6. The van der Waals surface area contributed by atoms with Crippen LogP contribution in [0.2, 0.25) is 0 Å². The zero-order valence-corrected chi connectivity index (χ0v) is 16.5. The van der Waals surface area contributed by atoms with E-state index in [-0.39, 0.29) is 17.9 Å². The maximum atomic E-state index is 12.6. The molecule has 144 valence electrons. The number of hydrogen-bond donors (Lipinski definition) is 2. The molecule has 0 bridgehead atoms. The highest BCUT2D eigenvalue weighted by atomic mass is 16.2. The van der Waals surface area contributed by atoms with Gasteiger partial charge in [-0.2, -0.15) is 0 Å². The average molecular weight is 376 g/mol. The summed E-state index contributed by atoms with van der Waals surface area (Å²) in [6.45, 7) is 5.30. The molecule has 6 heteroatoms. The van der Waals surface area contributed by atoms with Crippen LogP contribution in [0, 0.1) is 6.92 Å². The topological polar surface area (TPSA) is 78.1 Å². The predicted molar refractivity (Wildman–Crippen MR) is 112 cm³/mol. The number of nitrogens with zero attached hydrogens (tertiary/aromatic N) is 2. The molecule has 6 nitrogen and oxygen atoms in total.